The van der Waals surface area contributed by atoms with Crippen molar-refractivity contribution in [3.8, 4) is 0 Å². The highest BCUT2D eigenvalue weighted by Crippen LogP contribution is 2.22. The Bertz CT molecular complexity index is 584. The largest absolute Gasteiger partial charge is 0.369 e. The van der Waals surface area contributed by atoms with Crippen LogP contribution < -0.4 is 5.32 Å². The van der Waals surface area contributed by atoms with E-state index in [4.69, 9.17) is 4.98 Å². The third kappa shape index (κ3) is 4.62. The van der Waals surface area contributed by atoms with E-state index in [1.807, 2.05) is 24.4 Å². The van der Waals surface area contributed by atoms with Crippen molar-refractivity contribution in [1.29, 1.82) is 0 Å². The van der Waals surface area contributed by atoms with E-state index >= 15 is 0 Å². The van der Waals surface area contributed by atoms with Gasteiger partial charge in [-0.15, -0.1) is 0 Å². The Morgan fingerprint density at radius 1 is 1.24 bits per heavy atom. The van der Waals surface area contributed by atoms with Crippen LogP contribution in [0.15, 0.2) is 24.4 Å². The quantitative estimate of drug-likeness (QED) is 0.757. The minimum atomic E-state index is 0.575. The molecule has 0 bridgehead atoms. The van der Waals surface area contributed by atoms with Crippen LogP contribution in [0.2, 0.25) is 0 Å². The summed E-state index contributed by atoms with van der Waals surface area (Å²) < 4.78 is 1.13. The van der Waals surface area contributed by atoms with Crippen molar-refractivity contribution in [2.24, 2.45) is 5.92 Å². The molecule has 0 atom stereocenters. The zero-order valence-electron chi connectivity index (χ0n) is 12.7. The molecule has 0 aliphatic rings. The van der Waals surface area contributed by atoms with Gasteiger partial charge < -0.3 is 5.32 Å². The monoisotopic (exact) mass is 396 g/mol. The molecule has 0 saturated carbocycles. The van der Waals surface area contributed by atoms with Crippen molar-refractivity contribution in [2.75, 3.05) is 11.9 Å². The van der Waals surface area contributed by atoms with E-state index in [1.165, 1.54) is 0 Å². The summed E-state index contributed by atoms with van der Waals surface area (Å²) >= 11 is 2.34. The fraction of sp³-hybridized carbons (Fsp3) is 0.438. The molecule has 5 heteroatoms. The smallest absolute Gasteiger partial charge is 0.143 e. The maximum Gasteiger partial charge on any atom is 0.143 e. The van der Waals surface area contributed by atoms with Gasteiger partial charge in [0.15, 0.2) is 0 Å². The lowest BCUT2D eigenvalue weighted by Gasteiger charge is -2.13. The van der Waals surface area contributed by atoms with Gasteiger partial charge in [-0.1, -0.05) is 19.9 Å². The van der Waals surface area contributed by atoms with Crippen molar-refractivity contribution in [3.05, 3.63) is 45.2 Å². The van der Waals surface area contributed by atoms with Gasteiger partial charge in [0, 0.05) is 18.4 Å². The van der Waals surface area contributed by atoms with E-state index < -0.39 is 0 Å². The van der Waals surface area contributed by atoms with E-state index in [0.717, 1.165) is 39.6 Å². The Labute approximate surface area is 140 Å². The first kappa shape index (κ1) is 16.1. The van der Waals surface area contributed by atoms with Crippen molar-refractivity contribution in [1.82, 2.24) is 15.0 Å². The van der Waals surface area contributed by atoms with Gasteiger partial charge in [0.2, 0.25) is 0 Å². The van der Waals surface area contributed by atoms with E-state index in [0.29, 0.717) is 12.3 Å². The maximum absolute atomic E-state index is 4.75. The molecular formula is C16H21IN4. The molecule has 2 aromatic rings. The predicted molar refractivity (Wildman–Crippen MR) is 94.5 cm³/mol. The number of pyridine rings is 1. The molecule has 2 aromatic heterocycles. The number of anilines is 1. The first-order valence-corrected chi connectivity index (χ1v) is 8.37. The molecule has 4 nitrogen and oxygen atoms in total. The topological polar surface area (TPSA) is 50.7 Å². The molecule has 2 heterocycles. The Morgan fingerprint density at radius 3 is 2.67 bits per heavy atom. The molecule has 0 amide bonds. The fourth-order valence-corrected chi connectivity index (χ4v) is 2.75. The fourth-order valence-electron chi connectivity index (χ4n) is 2.09. The lowest BCUT2D eigenvalue weighted by atomic mass is 10.1. The van der Waals surface area contributed by atoms with Crippen LogP contribution in [0.4, 0.5) is 5.82 Å². The molecule has 0 radical (unpaired) electrons. The van der Waals surface area contributed by atoms with Crippen LogP contribution in [-0.2, 0) is 12.8 Å². The summed E-state index contributed by atoms with van der Waals surface area (Å²) in [6, 6.07) is 5.93. The predicted octanol–water partition coefficient (Wildman–Crippen LogP) is 3.70. The number of rotatable bonds is 6. The summed E-state index contributed by atoms with van der Waals surface area (Å²) in [6.45, 7) is 7.36. The normalized spacial score (nSPS) is 10.9. The molecule has 0 saturated heterocycles. The Balaban J connectivity index is 2.33. The zero-order valence-corrected chi connectivity index (χ0v) is 14.9. The number of hydrogen-bond donors (Lipinski definition) is 1. The molecule has 0 spiro atoms. The zero-order chi connectivity index (χ0) is 15.2. The molecule has 0 aromatic carbocycles. The third-order valence-corrected chi connectivity index (χ3v) is 4.11. The first-order valence-electron chi connectivity index (χ1n) is 7.29. The van der Waals surface area contributed by atoms with Gasteiger partial charge in [-0.05, 0) is 54.0 Å². The molecule has 21 heavy (non-hydrogen) atoms. The van der Waals surface area contributed by atoms with Crippen LogP contribution in [0.25, 0.3) is 0 Å². The summed E-state index contributed by atoms with van der Waals surface area (Å²) in [5, 5.41) is 3.34. The standard InChI is InChI=1S/C16H21IN4/c1-4-18-16-15(17)13(9-11(2)3)20-14(21-16)10-12-7-5-6-8-19-12/h5-8,11H,4,9-10H2,1-3H3,(H,18,20,21). The lowest BCUT2D eigenvalue weighted by molar-refractivity contribution is 0.628. The number of nitrogens with one attached hydrogen (secondary N) is 1. The van der Waals surface area contributed by atoms with E-state index in [-0.39, 0.29) is 0 Å². The van der Waals surface area contributed by atoms with Gasteiger partial charge >= 0.3 is 0 Å². The van der Waals surface area contributed by atoms with Gasteiger partial charge in [0.1, 0.15) is 11.6 Å². The average molecular weight is 396 g/mol. The number of aromatic nitrogens is 3. The molecule has 0 aliphatic carbocycles. The highest BCUT2D eigenvalue weighted by molar-refractivity contribution is 14.1. The van der Waals surface area contributed by atoms with Gasteiger partial charge in [-0.3, -0.25) is 4.98 Å². The summed E-state index contributed by atoms with van der Waals surface area (Å²) in [6.07, 6.45) is 3.44. The molecule has 112 valence electrons. The SMILES string of the molecule is CCNc1nc(Cc2ccccn2)nc(CC(C)C)c1I. The minimum Gasteiger partial charge on any atom is -0.369 e. The van der Waals surface area contributed by atoms with Crippen molar-refractivity contribution >= 4 is 28.4 Å². The van der Waals surface area contributed by atoms with Gasteiger partial charge in [-0.2, -0.15) is 0 Å². The van der Waals surface area contributed by atoms with E-state index in [2.05, 4.69) is 58.6 Å². The lowest BCUT2D eigenvalue weighted by Crippen LogP contribution is -2.12. The summed E-state index contributed by atoms with van der Waals surface area (Å²) in [5.41, 5.74) is 2.12. The Hall–Kier alpha value is -1.24. The molecule has 0 fully saturated rings. The van der Waals surface area contributed by atoms with Crippen LogP contribution in [0.3, 0.4) is 0 Å². The molecule has 0 aliphatic heterocycles. The minimum absolute atomic E-state index is 0.575. The van der Waals surface area contributed by atoms with Crippen molar-refractivity contribution in [2.45, 2.75) is 33.6 Å². The number of nitrogens with zero attached hydrogens (tertiary/aromatic N) is 3. The van der Waals surface area contributed by atoms with Crippen LogP contribution in [0.1, 0.15) is 38.0 Å². The van der Waals surface area contributed by atoms with Crippen LogP contribution in [0.5, 0.6) is 0 Å². The molecule has 1 N–H and O–H groups in total. The summed E-state index contributed by atoms with van der Waals surface area (Å²) in [4.78, 5) is 13.8. The maximum atomic E-state index is 4.75. The van der Waals surface area contributed by atoms with Crippen LogP contribution in [0, 0.1) is 9.49 Å². The van der Waals surface area contributed by atoms with Gasteiger partial charge in [-0.25, -0.2) is 9.97 Å². The van der Waals surface area contributed by atoms with Crippen molar-refractivity contribution < 1.29 is 0 Å². The molecule has 2 rings (SSSR count). The molecular weight excluding hydrogens is 375 g/mol. The first-order chi connectivity index (χ1) is 10.1. The number of hydrogen-bond acceptors (Lipinski definition) is 4. The highest BCUT2D eigenvalue weighted by atomic mass is 127. The van der Waals surface area contributed by atoms with Gasteiger partial charge in [0.05, 0.1) is 15.7 Å². The molecule has 0 unspecified atom stereocenters. The van der Waals surface area contributed by atoms with Crippen LogP contribution >= 0.6 is 22.6 Å². The second-order valence-electron chi connectivity index (χ2n) is 5.38. The number of halogens is 1. The van der Waals surface area contributed by atoms with Crippen molar-refractivity contribution in [3.63, 3.8) is 0 Å². The van der Waals surface area contributed by atoms with E-state index in [1.54, 1.807) is 0 Å². The van der Waals surface area contributed by atoms with E-state index in [9.17, 15) is 0 Å². The van der Waals surface area contributed by atoms with Crippen LogP contribution in [-0.4, -0.2) is 21.5 Å². The Kier molecular flexibility index (Phi) is 5.90. The highest BCUT2D eigenvalue weighted by Gasteiger charge is 2.13. The third-order valence-electron chi connectivity index (χ3n) is 2.98. The second kappa shape index (κ2) is 7.68. The second-order valence-corrected chi connectivity index (χ2v) is 6.45. The van der Waals surface area contributed by atoms with Gasteiger partial charge in [0.25, 0.3) is 0 Å². The summed E-state index contributed by atoms with van der Waals surface area (Å²) in [7, 11) is 0. The average Bonchev–Trinajstić information content (AvgIpc) is 2.44. The Morgan fingerprint density at radius 2 is 2.05 bits per heavy atom. The summed E-state index contributed by atoms with van der Waals surface area (Å²) in [5.74, 6) is 2.35.